The third-order valence-corrected chi connectivity index (χ3v) is 4.83. The summed E-state index contributed by atoms with van der Waals surface area (Å²) in [6.07, 6.45) is 3.26. The van der Waals surface area contributed by atoms with E-state index in [1.165, 1.54) is 11.1 Å². The summed E-state index contributed by atoms with van der Waals surface area (Å²) in [4.78, 5) is 23.2. The summed E-state index contributed by atoms with van der Waals surface area (Å²) in [6, 6.07) is 20.1. The van der Waals surface area contributed by atoms with Gasteiger partial charge in [-0.3, -0.25) is 9.78 Å². The van der Waals surface area contributed by atoms with Gasteiger partial charge in [0, 0.05) is 26.0 Å². The molecule has 0 atom stereocenters. The fraction of sp³-hybridized carbons (Fsp3) is 0.174. The Morgan fingerprint density at radius 3 is 2.57 bits per heavy atom. The van der Waals surface area contributed by atoms with Crippen LogP contribution in [0.3, 0.4) is 0 Å². The van der Waals surface area contributed by atoms with Crippen molar-refractivity contribution in [1.29, 1.82) is 0 Å². The minimum Gasteiger partial charge on any atom is -0.334 e. The lowest BCUT2D eigenvalue weighted by atomic mass is 10.1. The number of pyridine rings is 1. The third kappa shape index (κ3) is 3.64. The van der Waals surface area contributed by atoms with Gasteiger partial charge in [0.05, 0.1) is 23.1 Å². The van der Waals surface area contributed by atoms with Gasteiger partial charge in [0.1, 0.15) is 5.82 Å². The van der Waals surface area contributed by atoms with E-state index in [1.54, 1.807) is 36.5 Å². The second-order valence-electron chi connectivity index (χ2n) is 6.99. The maximum Gasteiger partial charge on any atom is 0.255 e. The van der Waals surface area contributed by atoms with Crippen LogP contribution in [0.4, 0.5) is 0 Å². The molecule has 0 saturated heterocycles. The first-order valence-electron chi connectivity index (χ1n) is 9.27. The summed E-state index contributed by atoms with van der Waals surface area (Å²) >= 11 is 0. The molecule has 5 nitrogen and oxygen atoms in total. The lowest BCUT2D eigenvalue weighted by molar-refractivity contribution is 0.0780. The van der Waals surface area contributed by atoms with Crippen molar-refractivity contribution in [3.8, 4) is 0 Å². The first-order chi connectivity index (χ1) is 13.6. The highest BCUT2D eigenvalue weighted by Gasteiger charge is 2.17. The number of carbonyl (C=O) groups is 1. The van der Waals surface area contributed by atoms with Crippen molar-refractivity contribution in [1.82, 2.24) is 19.4 Å². The van der Waals surface area contributed by atoms with E-state index in [9.17, 15) is 4.79 Å². The van der Waals surface area contributed by atoms with Gasteiger partial charge in [0.25, 0.3) is 5.91 Å². The van der Waals surface area contributed by atoms with Gasteiger partial charge in [0.15, 0.2) is 0 Å². The number of fused-ring (bicyclic) bond motifs is 1. The zero-order chi connectivity index (χ0) is 19.5. The van der Waals surface area contributed by atoms with Crippen LogP contribution in [0.2, 0.25) is 0 Å². The maximum absolute atomic E-state index is 12.7. The summed E-state index contributed by atoms with van der Waals surface area (Å²) in [5, 5.41) is 0. The predicted molar refractivity (Wildman–Crippen MR) is 110 cm³/mol. The molecular formula is C23H22N4O. The second kappa shape index (κ2) is 7.64. The monoisotopic (exact) mass is 370 g/mol. The molecule has 0 aliphatic carbocycles. The molecule has 4 rings (SSSR count). The van der Waals surface area contributed by atoms with Gasteiger partial charge in [-0.25, -0.2) is 4.98 Å². The number of imidazole rings is 1. The predicted octanol–water partition coefficient (Wildman–Crippen LogP) is 4.06. The molecule has 0 aliphatic heterocycles. The number of aromatic nitrogens is 3. The van der Waals surface area contributed by atoms with Crippen molar-refractivity contribution >= 4 is 16.9 Å². The van der Waals surface area contributed by atoms with E-state index in [0.717, 1.165) is 16.9 Å². The Bertz CT molecular complexity index is 1100. The van der Waals surface area contributed by atoms with E-state index >= 15 is 0 Å². The van der Waals surface area contributed by atoms with Crippen LogP contribution in [0.1, 0.15) is 27.3 Å². The fourth-order valence-electron chi connectivity index (χ4n) is 3.29. The summed E-state index contributed by atoms with van der Waals surface area (Å²) in [5.41, 5.74) is 5.02. The molecule has 1 amide bonds. The number of hydrogen-bond acceptors (Lipinski definition) is 3. The molecular weight excluding hydrogens is 348 g/mol. The van der Waals surface area contributed by atoms with Gasteiger partial charge in [0.2, 0.25) is 0 Å². The number of amides is 1. The molecule has 0 spiro atoms. The average Bonchev–Trinajstić information content (AvgIpc) is 3.06. The van der Waals surface area contributed by atoms with Crippen molar-refractivity contribution in [2.45, 2.75) is 20.0 Å². The smallest absolute Gasteiger partial charge is 0.255 e. The molecule has 0 unspecified atom stereocenters. The van der Waals surface area contributed by atoms with E-state index in [-0.39, 0.29) is 5.91 Å². The minimum absolute atomic E-state index is 0.0676. The number of carbonyl (C=O) groups excluding carboxylic acids is 1. The molecule has 4 aromatic rings. The van der Waals surface area contributed by atoms with E-state index < -0.39 is 0 Å². The number of nitrogens with zero attached hydrogens (tertiary/aromatic N) is 4. The van der Waals surface area contributed by atoms with Crippen LogP contribution in [-0.2, 0) is 13.1 Å². The highest BCUT2D eigenvalue weighted by molar-refractivity contribution is 5.93. The standard InChI is InChI=1S/C23H22N4O/c1-17-9-11-18(12-10-17)15-27-21-8-4-3-7-20(21)25-22(27)16-26(2)23(28)19-6-5-13-24-14-19/h3-14H,15-16H2,1-2H3. The van der Waals surface area contributed by atoms with E-state index in [1.807, 2.05) is 18.2 Å². The van der Waals surface area contributed by atoms with Crippen LogP contribution in [0, 0.1) is 6.92 Å². The van der Waals surface area contributed by atoms with Crippen molar-refractivity contribution in [3.63, 3.8) is 0 Å². The summed E-state index contributed by atoms with van der Waals surface area (Å²) in [5.74, 6) is 0.795. The first-order valence-corrected chi connectivity index (χ1v) is 9.27. The summed E-state index contributed by atoms with van der Waals surface area (Å²) < 4.78 is 2.19. The summed E-state index contributed by atoms with van der Waals surface area (Å²) in [6.45, 7) is 3.22. The lowest BCUT2D eigenvalue weighted by Crippen LogP contribution is -2.28. The Balaban J connectivity index is 1.66. The number of benzene rings is 2. The Labute approximate surface area is 164 Å². The van der Waals surface area contributed by atoms with E-state index in [2.05, 4.69) is 46.8 Å². The second-order valence-corrected chi connectivity index (χ2v) is 6.99. The summed E-state index contributed by atoms with van der Waals surface area (Å²) in [7, 11) is 1.80. The highest BCUT2D eigenvalue weighted by atomic mass is 16.2. The topological polar surface area (TPSA) is 51.0 Å². The number of hydrogen-bond donors (Lipinski definition) is 0. The molecule has 0 aliphatic rings. The molecule has 140 valence electrons. The number of aryl methyl sites for hydroxylation is 1. The zero-order valence-electron chi connectivity index (χ0n) is 16.0. The average molecular weight is 370 g/mol. The number of rotatable bonds is 5. The normalized spacial score (nSPS) is 10.9. The van der Waals surface area contributed by atoms with Crippen LogP contribution in [0.25, 0.3) is 11.0 Å². The van der Waals surface area contributed by atoms with Gasteiger partial charge in [-0.05, 0) is 36.8 Å². The van der Waals surface area contributed by atoms with Gasteiger partial charge >= 0.3 is 0 Å². The van der Waals surface area contributed by atoms with E-state index in [0.29, 0.717) is 18.7 Å². The molecule has 0 radical (unpaired) electrons. The van der Waals surface area contributed by atoms with Crippen LogP contribution in [0.15, 0.2) is 73.1 Å². The van der Waals surface area contributed by atoms with Crippen molar-refractivity contribution in [2.24, 2.45) is 0 Å². The van der Waals surface area contributed by atoms with E-state index in [4.69, 9.17) is 4.98 Å². The maximum atomic E-state index is 12.7. The van der Waals surface area contributed by atoms with Gasteiger partial charge in [-0.1, -0.05) is 42.0 Å². The van der Waals surface area contributed by atoms with Crippen LogP contribution in [0.5, 0.6) is 0 Å². The van der Waals surface area contributed by atoms with Gasteiger partial charge in [-0.2, -0.15) is 0 Å². The Kier molecular flexibility index (Phi) is 4.89. The lowest BCUT2D eigenvalue weighted by Gasteiger charge is -2.18. The van der Waals surface area contributed by atoms with Gasteiger partial charge < -0.3 is 9.47 Å². The molecule has 28 heavy (non-hydrogen) atoms. The molecule has 2 aromatic heterocycles. The molecule has 0 N–H and O–H groups in total. The molecule has 0 fully saturated rings. The molecule has 0 bridgehead atoms. The van der Waals surface area contributed by atoms with Crippen molar-refractivity contribution in [2.75, 3.05) is 7.05 Å². The molecule has 2 aromatic carbocycles. The largest absolute Gasteiger partial charge is 0.334 e. The zero-order valence-corrected chi connectivity index (χ0v) is 16.0. The Morgan fingerprint density at radius 2 is 1.82 bits per heavy atom. The minimum atomic E-state index is -0.0676. The Hall–Kier alpha value is -3.47. The molecule has 5 heteroatoms. The van der Waals surface area contributed by atoms with Crippen molar-refractivity contribution in [3.05, 3.63) is 95.6 Å². The molecule has 0 saturated carbocycles. The SMILES string of the molecule is Cc1ccc(Cn2c(CN(C)C(=O)c3cccnc3)nc3ccccc32)cc1. The van der Waals surface area contributed by atoms with Crippen molar-refractivity contribution < 1.29 is 4.79 Å². The first kappa shape index (κ1) is 17.9. The van der Waals surface area contributed by atoms with Crippen LogP contribution < -0.4 is 0 Å². The Morgan fingerprint density at radius 1 is 1.04 bits per heavy atom. The fourth-order valence-corrected chi connectivity index (χ4v) is 3.29. The van der Waals surface area contributed by atoms with Crippen LogP contribution in [-0.4, -0.2) is 32.4 Å². The highest BCUT2D eigenvalue weighted by Crippen LogP contribution is 2.20. The van der Waals surface area contributed by atoms with Crippen LogP contribution >= 0.6 is 0 Å². The third-order valence-electron chi connectivity index (χ3n) is 4.83. The number of para-hydroxylation sites is 2. The quantitative estimate of drug-likeness (QED) is 0.532. The molecule has 2 heterocycles. The van der Waals surface area contributed by atoms with Gasteiger partial charge in [-0.15, -0.1) is 0 Å².